The Morgan fingerprint density at radius 1 is 0.667 bits per heavy atom. The fourth-order valence-corrected chi connectivity index (χ4v) is 3.44. The molecule has 0 saturated carbocycles. The Balaban J connectivity index is 1.65. The lowest BCUT2D eigenvalue weighted by Gasteiger charge is -2.01. The maximum Gasteiger partial charge on any atom is 0.141 e. The van der Waals surface area contributed by atoms with E-state index < -0.39 is 0 Å². The van der Waals surface area contributed by atoms with Crippen molar-refractivity contribution < 1.29 is 4.42 Å². The highest BCUT2D eigenvalue weighted by atomic mass is 16.3. The molecular formula is C24H14N2O. The van der Waals surface area contributed by atoms with Crippen molar-refractivity contribution in [1.29, 1.82) is 5.26 Å². The van der Waals surface area contributed by atoms with Gasteiger partial charge in [-0.1, -0.05) is 42.5 Å². The molecule has 0 aliphatic rings. The smallest absolute Gasteiger partial charge is 0.141 e. The number of nitriles is 1. The van der Waals surface area contributed by atoms with Gasteiger partial charge >= 0.3 is 0 Å². The third kappa shape index (κ3) is 2.65. The van der Waals surface area contributed by atoms with Gasteiger partial charge in [0.15, 0.2) is 0 Å². The molecule has 2 aromatic heterocycles. The van der Waals surface area contributed by atoms with Crippen molar-refractivity contribution in [3.63, 3.8) is 0 Å². The number of pyridine rings is 1. The highest BCUT2D eigenvalue weighted by molar-refractivity contribution is 6.06. The number of furan rings is 1. The molecule has 2 heterocycles. The minimum Gasteiger partial charge on any atom is -0.456 e. The minimum atomic E-state index is 0.407. The van der Waals surface area contributed by atoms with Crippen molar-refractivity contribution in [2.24, 2.45) is 0 Å². The third-order valence-electron chi connectivity index (χ3n) is 4.79. The van der Waals surface area contributed by atoms with Gasteiger partial charge in [-0.05, 0) is 58.7 Å². The number of fused-ring (bicyclic) bond motifs is 3. The van der Waals surface area contributed by atoms with Gasteiger partial charge < -0.3 is 4.42 Å². The molecule has 0 aliphatic heterocycles. The fraction of sp³-hybridized carbons (Fsp3) is 0. The second kappa shape index (κ2) is 6.12. The Labute approximate surface area is 156 Å². The first kappa shape index (κ1) is 15.4. The molecule has 0 aliphatic carbocycles. The van der Waals surface area contributed by atoms with E-state index in [1.54, 1.807) is 12.3 Å². The van der Waals surface area contributed by atoms with E-state index in [1.165, 1.54) is 5.56 Å². The van der Waals surface area contributed by atoms with E-state index in [1.807, 2.05) is 30.3 Å². The first-order chi connectivity index (χ1) is 13.3. The first-order valence-electron chi connectivity index (χ1n) is 8.70. The van der Waals surface area contributed by atoms with Crippen molar-refractivity contribution >= 4 is 21.9 Å². The number of hydrogen-bond donors (Lipinski definition) is 0. The van der Waals surface area contributed by atoms with Crippen LogP contribution in [0, 0.1) is 11.3 Å². The number of nitrogens with zero attached hydrogens (tertiary/aromatic N) is 2. The van der Waals surface area contributed by atoms with Crippen LogP contribution in [0.4, 0.5) is 0 Å². The summed E-state index contributed by atoms with van der Waals surface area (Å²) in [6, 6.07) is 28.5. The summed E-state index contributed by atoms with van der Waals surface area (Å²) in [6.07, 6.45) is 1.66. The molecule has 0 saturated heterocycles. The topological polar surface area (TPSA) is 49.8 Å². The predicted octanol–water partition coefficient (Wildman–Crippen LogP) is 6.19. The van der Waals surface area contributed by atoms with E-state index in [9.17, 15) is 0 Å². The van der Waals surface area contributed by atoms with Crippen molar-refractivity contribution in [1.82, 2.24) is 4.98 Å². The third-order valence-corrected chi connectivity index (χ3v) is 4.79. The number of benzene rings is 3. The van der Waals surface area contributed by atoms with Gasteiger partial charge in [0, 0.05) is 17.0 Å². The van der Waals surface area contributed by atoms with E-state index in [4.69, 9.17) is 9.68 Å². The summed E-state index contributed by atoms with van der Waals surface area (Å²) in [7, 11) is 0. The van der Waals surface area contributed by atoms with Crippen LogP contribution in [0.25, 0.3) is 44.2 Å². The van der Waals surface area contributed by atoms with Crippen LogP contribution in [0.3, 0.4) is 0 Å². The molecule has 0 amide bonds. The molecule has 0 bridgehead atoms. The molecule has 0 N–H and O–H groups in total. The lowest BCUT2D eigenvalue weighted by atomic mass is 10.0. The van der Waals surface area contributed by atoms with Crippen LogP contribution in [0.15, 0.2) is 89.5 Å². The zero-order valence-electron chi connectivity index (χ0n) is 14.4. The fourth-order valence-electron chi connectivity index (χ4n) is 3.44. The Hall–Kier alpha value is -3.90. The molecule has 0 fully saturated rings. The summed E-state index contributed by atoms with van der Waals surface area (Å²) in [6.45, 7) is 0. The molecular weight excluding hydrogens is 332 g/mol. The summed E-state index contributed by atoms with van der Waals surface area (Å²) in [5, 5.41) is 11.3. The van der Waals surface area contributed by atoms with Crippen LogP contribution in [0.5, 0.6) is 0 Å². The largest absolute Gasteiger partial charge is 0.456 e. The normalized spacial score (nSPS) is 10.9. The van der Waals surface area contributed by atoms with Gasteiger partial charge in [0.05, 0.1) is 0 Å². The van der Waals surface area contributed by atoms with Crippen molar-refractivity contribution in [3.05, 3.63) is 90.8 Å². The molecule has 5 rings (SSSR count). The maximum absolute atomic E-state index is 9.06. The Kier molecular flexibility index (Phi) is 3.48. The van der Waals surface area contributed by atoms with Gasteiger partial charge in [0.1, 0.15) is 22.9 Å². The molecule has 27 heavy (non-hydrogen) atoms. The van der Waals surface area contributed by atoms with Gasteiger partial charge in [0.2, 0.25) is 0 Å². The first-order valence-corrected chi connectivity index (χ1v) is 8.70. The quantitative estimate of drug-likeness (QED) is 0.383. The van der Waals surface area contributed by atoms with Crippen LogP contribution in [0.2, 0.25) is 0 Å². The summed E-state index contributed by atoms with van der Waals surface area (Å²) in [5.74, 6) is 0. The van der Waals surface area contributed by atoms with E-state index in [0.29, 0.717) is 5.69 Å². The SMILES string of the molecule is N#Cc1cc(-c2ccc3c(c2)oc2cc(-c4ccccc4)ccc23)ccn1. The summed E-state index contributed by atoms with van der Waals surface area (Å²) >= 11 is 0. The van der Waals surface area contributed by atoms with Crippen LogP contribution in [-0.4, -0.2) is 4.98 Å². The summed E-state index contributed by atoms with van der Waals surface area (Å²) in [5.41, 5.74) is 6.37. The average Bonchev–Trinajstić information content (AvgIpc) is 3.11. The average molecular weight is 346 g/mol. The number of hydrogen-bond acceptors (Lipinski definition) is 3. The second-order valence-corrected chi connectivity index (χ2v) is 6.43. The zero-order valence-corrected chi connectivity index (χ0v) is 14.4. The molecule has 3 heteroatoms. The molecule has 5 aromatic rings. The number of rotatable bonds is 2. The predicted molar refractivity (Wildman–Crippen MR) is 107 cm³/mol. The van der Waals surface area contributed by atoms with Gasteiger partial charge in [-0.2, -0.15) is 5.26 Å². The van der Waals surface area contributed by atoms with Gasteiger partial charge in [-0.25, -0.2) is 4.98 Å². The van der Waals surface area contributed by atoms with E-state index in [-0.39, 0.29) is 0 Å². The van der Waals surface area contributed by atoms with Crippen LogP contribution in [0.1, 0.15) is 5.69 Å². The molecule has 0 spiro atoms. The van der Waals surface area contributed by atoms with Gasteiger partial charge in [-0.15, -0.1) is 0 Å². The molecule has 3 aromatic carbocycles. The molecule has 126 valence electrons. The van der Waals surface area contributed by atoms with E-state index in [0.717, 1.165) is 38.6 Å². The molecule has 0 radical (unpaired) electrons. The Morgan fingerprint density at radius 3 is 1.96 bits per heavy atom. The lowest BCUT2D eigenvalue weighted by Crippen LogP contribution is -1.83. The standard InChI is InChI=1S/C24H14N2O/c25-15-20-12-19(10-11-26-20)18-7-9-22-21-8-6-17(16-4-2-1-3-5-16)13-23(21)27-24(22)14-18/h1-14H. The zero-order chi connectivity index (χ0) is 18.2. The highest BCUT2D eigenvalue weighted by Crippen LogP contribution is 2.34. The van der Waals surface area contributed by atoms with E-state index >= 15 is 0 Å². The second-order valence-electron chi connectivity index (χ2n) is 6.43. The minimum absolute atomic E-state index is 0.407. The maximum atomic E-state index is 9.06. The summed E-state index contributed by atoms with van der Waals surface area (Å²) < 4.78 is 6.15. The molecule has 3 nitrogen and oxygen atoms in total. The van der Waals surface area contributed by atoms with Crippen LogP contribution >= 0.6 is 0 Å². The Morgan fingerprint density at radius 2 is 1.30 bits per heavy atom. The summed E-state index contributed by atoms with van der Waals surface area (Å²) in [4.78, 5) is 4.03. The van der Waals surface area contributed by atoms with Crippen LogP contribution in [-0.2, 0) is 0 Å². The molecule has 0 atom stereocenters. The Bertz CT molecular complexity index is 1330. The van der Waals surface area contributed by atoms with Gasteiger partial charge in [0.25, 0.3) is 0 Å². The van der Waals surface area contributed by atoms with Gasteiger partial charge in [-0.3, -0.25) is 0 Å². The van der Waals surface area contributed by atoms with Crippen molar-refractivity contribution in [2.45, 2.75) is 0 Å². The van der Waals surface area contributed by atoms with Crippen molar-refractivity contribution in [3.8, 4) is 28.3 Å². The lowest BCUT2D eigenvalue weighted by molar-refractivity contribution is 0.669. The van der Waals surface area contributed by atoms with E-state index in [2.05, 4.69) is 53.5 Å². The molecule has 0 unspecified atom stereocenters. The van der Waals surface area contributed by atoms with Crippen molar-refractivity contribution in [2.75, 3.05) is 0 Å². The highest BCUT2D eigenvalue weighted by Gasteiger charge is 2.10. The van der Waals surface area contributed by atoms with Crippen LogP contribution < -0.4 is 0 Å². The monoisotopic (exact) mass is 346 g/mol. The number of aromatic nitrogens is 1.